The summed E-state index contributed by atoms with van der Waals surface area (Å²) in [6.07, 6.45) is 0. The molecule has 0 heterocycles. The van der Waals surface area contributed by atoms with Gasteiger partial charge in [-0.2, -0.15) is 0 Å². The SMILES string of the molecule is COc1cc(Br)cc(Nc2c(N)ccc(F)c2F)c1. The lowest BCUT2D eigenvalue weighted by molar-refractivity contribution is 0.415. The standard InChI is InChI=1S/C13H11BrF2N2O/c1-19-9-5-7(14)4-8(6-9)18-13-11(17)3-2-10(15)12(13)16/h2-6,18H,17H2,1H3. The maximum absolute atomic E-state index is 13.7. The van der Waals surface area contributed by atoms with E-state index in [0.29, 0.717) is 11.4 Å². The third-order valence-electron chi connectivity index (χ3n) is 2.50. The molecule has 0 saturated heterocycles. The van der Waals surface area contributed by atoms with Crippen LogP contribution in [0.4, 0.5) is 25.8 Å². The van der Waals surface area contributed by atoms with Crippen LogP contribution in [-0.4, -0.2) is 7.11 Å². The Balaban J connectivity index is 2.41. The Bertz CT molecular complexity index is 620. The summed E-state index contributed by atoms with van der Waals surface area (Å²) in [6.45, 7) is 0. The molecule has 19 heavy (non-hydrogen) atoms. The van der Waals surface area contributed by atoms with Crippen molar-refractivity contribution in [3.05, 3.63) is 46.4 Å². The number of benzene rings is 2. The lowest BCUT2D eigenvalue weighted by Gasteiger charge is -2.12. The van der Waals surface area contributed by atoms with Crippen LogP contribution in [0.25, 0.3) is 0 Å². The Morgan fingerprint density at radius 3 is 2.63 bits per heavy atom. The van der Waals surface area contributed by atoms with Gasteiger partial charge in [0.1, 0.15) is 11.4 Å². The fourth-order valence-electron chi connectivity index (χ4n) is 1.59. The van der Waals surface area contributed by atoms with Crippen molar-refractivity contribution in [2.75, 3.05) is 18.2 Å². The number of anilines is 3. The monoisotopic (exact) mass is 328 g/mol. The maximum atomic E-state index is 13.7. The van der Waals surface area contributed by atoms with Gasteiger partial charge in [0, 0.05) is 16.2 Å². The highest BCUT2D eigenvalue weighted by Gasteiger charge is 2.12. The van der Waals surface area contributed by atoms with Gasteiger partial charge < -0.3 is 15.8 Å². The zero-order valence-electron chi connectivity index (χ0n) is 10.0. The first-order valence-corrected chi connectivity index (χ1v) is 6.15. The molecule has 0 aliphatic carbocycles. The Morgan fingerprint density at radius 2 is 1.95 bits per heavy atom. The van der Waals surface area contributed by atoms with Crippen molar-refractivity contribution in [1.82, 2.24) is 0 Å². The van der Waals surface area contributed by atoms with Crippen molar-refractivity contribution in [2.45, 2.75) is 0 Å². The number of nitrogens with two attached hydrogens (primary N) is 1. The predicted octanol–water partition coefficient (Wildman–Crippen LogP) is 4.06. The summed E-state index contributed by atoms with van der Waals surface area (Å²) in [5.41, 5.74) is 6.19. The van der Waals surface area contributed by atoms with Gasteiger partial charge in [-0.25, -0.2) is 8.78 Å². The van der Waals surface area contributed by atoms with Crippen LogP contribution < -0.4 is 15.8 Å². The first-order valence-electron chi connectivity index (χ1n) is 5.36. The summed E-state index contributed by atoms with van der Waals surface area (Å²) in [7, 11) is 1.52. The van der Waals surface area contributed by atoms with E-state index >= 15 is 0 Å². The number of halogens is 3. The second-order valence-corrected chi connectivity index (χ2v) is 4.75. The van der Waals surface area contributed by atoms with Crippen LogP contribution in [0.2, 0.25) is 0 Å². The fourth-order valence-corrected chi connectivity index (χ4v) is 2.06. The van der Waals surface area contributed by atoms with Gasteiger partial charge >= 0.3 is 0 Å². The number of hydrogen-bond donors (Lipinski definition) is 2. The molecule has 0 aliphatic heterocycles. The van der Waals surface area contributed by atoms with Crippen molar-refractivity contribution in [3.63, 3.8) is 0 Å². The minimum atomic E-state index is -1.01. The molecule has 0 atom stereocenters. The van der Waals surface area contributed by atoms with E-state index in [2.05, 4.69) is 21.2 Å². The van der Waals surface area contributed by atoms with Gasteiger partial charge in [0.05, 0.1) is 12.8 Å². The van der Waals surface area contributed by atoms with E-state index in [1.165, 1.54) is 13.2 Å². The Labute approximate surface area is 117 Å². The quantitative estimate of drug-likeness (QED) is 0.835. The lowest BCUT2D eigenvalue weighted by atomic mass is 10.2. The molecule has 3 N–H and O–H groups in total. The highest BCUT2D eigenvalue weighted by atomic mass is 79.9. The van der Waals surface area contributed by atoms with Crippen molar-refractivity contribution in [3.8, 4) is 5.75 Å². The molecule has 0 saturated carbocycles. The molecular formula is C13H11BrF2N2O. The predicted molar refractivity (Wildman–Crippen MR) is 74.7 cm³/mol. The van der Waals surface area contributed by atoms with Gasteiger partial charge in [0.2, 0.25) is 0 Å². The van der Waals surface area contributed by atoms with Crippen molar-refractivity contribution < 1.29 is 13.5 Å². The molecular weight excluding hydrogens is 318 g/mol. The first-order chi connectivity index (χ1) is 9.01. The number of ether oxygens (including phenoxy) is 1. The van der Waals surface area contributed by atoms with E-state index in [-0.39, 0.29) is 11.4 Å². The van der Waals surface area contributed by atoms with Crippen LogP contribution in [-0.2, 0) is 0 Å². The topological polar surface area (TPSA) is 47.3 Å². The fraction of sp³-hybridized carbons (Fsp3) is 0.0769. The largest absolute Gasteiger partial charge is 0.497 e. The minimum Gasteiger partial charge on any atom is -0.497 e. The molecule has 0 aliphatic rings. The second kappa shape index (κ2) is 5.44. The van der Waals surface area contributed by atoms with Crippen LogP contribution in [0.3, 0.4) is 0 Å². The zero-order chi connectivity index (χ0) is 14.0. The number of hydrogen-bond acceptors (Lipinski definition) is 3. The summed E-state index contributed by atoms with van der Waals surface area (Å²) >= 11 is 3.30. The van der Waals surface area contributed by atoms with Gasteiger partial charge in [-0.1, -0.05) is 15.9 Å². The third kappa shape index (κ3) is 2.96. The number of rotatable bonds is 3. The molecule has 0 aromatic heterocycles. The molecule has 2 aromatic carbocycles. The Hall–Kier alpha value is -1.82. The molecule has 0 fully saturated rings. The number of nitrogens with one attached hydrogen (secondary N) is 1. The van der Waals surface area contributed by atoms with E-state index < -0.39 is 11.6 Å². The molecule has 0 bridgehead atoms. The first kappa shape index (κ1) is 13.6. The average Bonchev–Trinajstić information content (AvgIpc) is 2.38. The Kier molecular flexibility index (Phi) is 3.90. The van der Waals surface area contributed by atoms with E-state index in [1.54, 1.807) is 18.2 Å². The van der Waals surface area contributed by atoms with Crippen LogP contribution in [0.5, 0.6) is 5.75 Å². The minimum absolute atomic E-state index is 0.0971. The molecule has 100 valence electrons. The molecule has 3 nitrogen and oxygen atoms in total. The highest BCUT2D eigenvalue weighted by Crippen LogP contribution is 2.31. The van der Waals surface area contributed by atoms with E-state index in [1.807, 2.05) is 0 Å². The zero-order valence-corrected chi connectivity index (χ0v) is 11.6. The molecule has 2 rings (SSSR count). The van der Waals surface area contributed by atoms with Gasteiger partial charge in [0.25, 0.3) is 0 Å². The number of nitrogen functional groups attached to an aromatic ring is 1. The Morgan fingerprint density at radius 1 is 1.21 bits per heavy atom. The summed E-state index contributed by atoms with van der Waals surface area (Å²) in [5, 5.41) is 2.75. The van der Waals surface area contributed by atoms with Gasteiger partial charge in [-0.3, -0.25) is 0 Å². The average molecular weight is 329 g/mol. The maximum Gasteiger partial charge on any atom is 0.184 e. The highest BCUT2D eigenvalue weighted by molar-refractivity contribution is 9.10. The van der Waals surface area contributed by atoms with E-state index in [4.69, 9.17) is 10.5 Å². The van der Waals surface area contributed by atoms with Crippen LogP contribution >= 0.6 is 15.9 Å². The molecule has 0 radical (unpaired) electrons. The molecule has 0 spiro atoms. The summed E-state index contributed by atoms with van der Waals surface area (Å²) < 4.78 is 32.7. The van der Waals surface area contributed by atoms with Crippen LogP contribution in [0.1, 0.15) is 0 Å². The lowest BCUT2D eigenvalue weighted by Crippen LogP contribution is -2.01. The van der Waals surface area contributed by atoms with Crippen molar-refractivity contribution >= 4 is 33.0 Å². The molecule has 0 amide bonds. The van der Waals surface area contributed by atoms with Crippen molar-refractivity contribution in [1.29, 1.82) is 0 Å². The molecule has 6 heteroatoms. The van der Waals surface area contributed by atoms with Crippen LogP contribution in [0, 0.1) is 11.6 Å². The molecule has 2 aromatic rings. The summed E-state index contributed by atoms with van der Waals surface area (Å²) in [4.78, 5) is 0. The second-order valence-electron chi connectivity index (χ2n) is 3.83. The van der Waals surface area contributed by atoms with Crippen LogP contribution in [0.15, 0.2) is 34.8 Å². The third-order valence-corrected chi connectivity index (χ3v) is 2.96. The van der Waals surface area contributed by atoms with Gasteiger partial charge in [0.15, 0.2) is 11.6 Å². The van der Waals surface area contributed by atoms with E-state index in [9.17, 15) is 8.78 Å². The smallest absolute Gasteiger partial charge is 0.184 e. The van der Waals surface area contributed by atoms with Gasteiger partial charge in [-0.15, -0.1) is 0 Å². The van der Waals surface area contributed by atoms with E-state index in [0.717, 1.165) is 10.5 Å². The van der Waals surface area contributed by atoms with Crippen molar-refractivity contribution in [2.24, 2.45) is 0 Å². The van der Waals surface area contributed by atoms with Gasteiger partial charge in [-0.05, 0) is 24.3 Å². The normalized spacial score (nSPS) is 10.3. The number of methoxy groups -OCH3 is 1. The summed E-state index contributed by atoms with van der Waals surface area (Å²) in [5.74, 6) is -1.40. The summed E-state index contributed by atoms with van der Waals surface area (Å²) in [6, 6.07) is 7.38. The molecule has 0 unspecified atom stereocenters.